The van der Waals surface area contributed by atoms with Gasteiger partial charge in [-0.25, -0.2) is 0 Å². The summed E-state index contributed by atoms with van der Waals surface area (Å²) in [5.41, 5.74) is 0. The Morgan fingerprint density at radius 3 is 1.86 bits per heavy atom. The topological polar surface area (TPSA) is 85.9 Å². The van der Waals surface area contributed by atoms with Gasteiger partial charge in [-0.05, 0) is 12.1 Å². The molecule has 0 saturated heterocycles. The Morgan fingerprint density at radius 2 is 1.43 bits per heavy atom. The highest BCUT2D eigenvalue weighted by molar-refractivity contribution is 7.86. The smallest absolute Gasteiger partial charge is 0.296 e. The zero-order valence-electron chi connectivity index (χ0n) is 6.46. The van der Waals surface area contributed by atoms with E-state index in [0.29, 0.717) is 0 Å². The lowest BCUT2D eigenvalue weighted by molar-refractivity contribution is 0.483. The molecule has 1 aromatic rings. The fourth-order valence-corrected chi connectivity index (χ4v) is 2.18. The van der Waals surface area contributed by atoms with Gasteiger partial charge < -0.3 is 5.48 Å². The summed E-state index contributed by atoms with van der Waals surface area (Å²) in [5, 5.41) is -0.0327. The van der Waals surface area contributed by atoms with E-state index in [2.05, 4.69) is 0 Å². The van der Waals surface area contributed by atoms with Crippen molar-refractivity contribution in [2.75, 3.05) is 0 Å². The van der Waals surface area contributed by atoms with Gasteiger partial charge in [0, 0.05) is 0 Å². The van der Waals surface area contributed by atoms with Gasteiger partial charge in [-0.3, -0.25) is 4.55 Å². The summed E-state index contributed by atoms with van der Waals surface area (Å²) in [6.45, 7) is 0. The summed E-state index contributed by atoms with van der Waals surface area (Å²) in [7, 11) is -4.35. The van der Waals surface area contributed by atoms with E-state index in [-0.39, 0.29) is 20.5 Å². The third-order valence-electron chi connectivity index (χ3n) is 1.25. The Hall–Kier alpha value is -0.0400. The maximum absolute atomic E-state index is 10.7. The summed E-state index contributed by atoms with van der Waals surface area (Å²) in [6.07, 6.45) is 0. The lowest BCUT2D eigenvalue weighted by Gasteiger charge is -2.02. The maximum atomic E-state index is 10.7. The quantitative estimate of drug-likeness (QED) is 0.630. The van der Waals surface area contributed by atoms with E-state index in [1.165, 1.54) is 0 Å². The van der Waals surface area contributed by atoms with Gasteiger partial charge in [-0.15, -0.1) is 0 Å². The van der Waals surface area contributed by atoms with E-state index in [0.717, 1.165) is 12.1 Å². The maximum Gasteiger partial charge on any atom is 0.296 e. The Balaban J connectivity index is 0.00000169. The lowest BCUT2D eigenvalue weighted by Crippen LogP contribution is -1.98. The second-order valence-corrected chi connectivity index (χ2v) is 4.78. The van der Waals surface area contributed by atoms with E-state index in [1.807, 2.05) is 0 Å². The van der Waals surface area contributed by atoms with Crippen LogP contribution in [0, 0.1) is 0 Å². The van der Waals surface area contributed by atoms with Crippen molar-refractivity contribution in [3.63, 3.8) is 0 Å². The molecule has 80 valence electrons. The normalized spacial score (nSPS) is 10.9. The van der Waals surface area contributed by atoms with Crippen LogP contribution in [0.2, 0.25) is 15.1 Å². The monoisotopic (exact) mass is 278 g/mol. The summed E-state index contributed by atoms with van der Waals surface area (Å²) in [5.74, 6) is 0. The predicted molar refractivity (Wildman–Crippen MR) is 54.9 cm³/mol. The molecule has 1 rings (SSSR count). The molecule has 0 heterocycles. The summed E-state index contributed by atoms with van der Waals surface area (Å²) in [4.78, 5) is -0.455. The van der Waals surface area contributed by atoms with Crippen LogP contribution < -0.4 is 0 Å². The summed E-state index contributed by atoms with van der Waals surface area (Å²) < 4.78 is 30.0. The van der Waals surface area contributed by atoms with E-state index >= 15 is 0 Å². The van der Waals surface area contributed by atoms with Gasteiger partial charge in [-0.1, -0.05) is 34.8 Å². The molecule has 0 bridgehead atoms. The molecule has 3 N–H and O–H groups in total. The van der Waals surface area contributed by atoms with Gasteiger partial charge in [0.25, 0.3) is 10.1 Å². The van der Waals surface area contributed by atoms with Crippen LogP contribution in [0.4, 0.5) is 0 Å². The number of hydrogen-bond donors (Lipinski definition) is 1. The minimum absolute atomic E-state index is 0. The highest BCUT2D eigenvalue weighted by Gasteiger charge is 2.16. The molecule has 0 aromatic heterocycles. The molecule has 0 saturated carbocycles. The lowest BCUT2D eigenvalue weighted by atomic mass is 10.4. The minimum atomic E-state index is -4.35. The molecule has 0 aliphatic rings. The molecule has 0 aliphatic heterocycles. The standard InChI is InChI=1S/C6H3Cl3O3S.H2O/c7-3-1-5(9)6(2-4(3)8)13(10,11)12;/h1-2H,(H,10,11,12);1H2. The Kier molecular flexibility index (Phi) is 4.64. The second-order valence-electron chi connectivity index (χ2n) is 2.17. The molecule has 0 radical (unpaired) electrons. The fraction of sp³-hybridized carbons (Fsp3) is 0. The number of rotatable bonds is 1. The van der Waals surface area contributed by atoms with Gasteiger partial charge in [0.15, 0.2) is 0 Å². The minimum Gasteiger partial charge on any atom is -0.412 e. The molecule has 0 amide bonds. The van der Waals surface area contributed by atoms with Gasteiger partial charge in [-0.2, -0.15) is 8.42 Å². The average Bonchev–Trinajstić information content (AvgIpc) is 1.94. The zero-order valence-corrected chi connectivity index (χ0v) is 9.54. The first-order chi connectivity index (χ1) is 5.82. The van der Waals surface area contributed by atoms with Crippen molar-refractivity contribution in [2.45, 2.75) is 4.90 Å². The third kappa shape index (κ3) is 2.98. The highest BCUT2D eigenvalue weighted by atomic mass is 35.5. The molecule has 14 heavy (non-hydrogen) atoms. The molecule has 1 aromatic carbocycles. The van der Waals surface area contributed by atoms with Crippen molar-refractivity contribution in [2.24, 2.45) is 0 Å². The van der Waals surface area contributed by atoms with Gasteiger partial charge in [0.05, 0.1) is 15.1 Å². The number of hydrogen-bond acceptors (Lipinski definition) is 2. The van der Waals surface area contributed by atoms with Crippen molar-refractivity contribution in [1.82, 2.24) is 0 Å². The van der Waals surface area contributed by atoms with E-state index in [9.17, 15) is 8.42 Å². The molecular formula is C6H5Cl3O4S. The molecule has 8 heteroatoms. The summed E-state index contributed by atoms with van der Waals surface area (Å²) in [6, 6.07) is 2.14. The molecule has 0 atom stereocenters. The second kappa shape index (κ2) is 4.65. The summed E-state index contributed by atoms with van der Waals surface area (Å²) >= 11 is 16.6. The van der Waals surface area contributed by atoms with Crippen molar-refractivity contribution >= 4 is 44.9 Å². The largest absolute Gasteiger partial charge is 0.412 e. The highest BCUT2D eigenvalue weighted by Crippen LogP contribution is 2.31. The van der Waals surface area contributed by atoms with Crippen LogP contribution in [0.3, 0.4) is 0 Å². The van der Waals surface area contributed by atoms with Crippen molar-refractivity contribution in [1.29, 1.82) is 0 Å². The van der Waals surface area contributed by atoms with Crippen LogP contribution in [-0.4, -0.2) is 18.4 Å². The van der Waals surface area contributed by atoms with Crippen molar-refractivity contribution in [3.05, 3.63) is 27.2 Å². The Morgan fingerprint density at radius 1 is 1.00 bits per heavy atom. The van der Waals surface area contributed by atoms with E-state index in [4.69, 9.17) is 39.4 Å². The molecule has 0 unspecified atom stereocenters. The van der Waals surface area contributed by atoms with Crippen LogP contribution in [0.1, 0.15) is 0 Å². The average molecular weight is 280 g/mol. The fourth-order valence-electron chi connectivity index (χ4n) is 0.702. The molecule has 0 fully saturated rings. The SMILES string of the molecule is O.O=S(=O)(O)c1cc(Cl)c(Cl)cc1Cl. The third-order valence-corrected chi connectivity index (χ3v) is 3.29. The first-order valence-corrected chi connectivity index (χ1v) is 5.52. The van der Waals surface area contributed by atoms with E-state index < -0.39 is 15.0 Å². The molecule has 4 nitrogen and oxygen atoms in total. The predicted octanol–water partition coefficient (Wildman–Crippen LogP) is 2.07. The van der Waals surface area contributed by atoms with Crippen LogP contribution in [0.5, 0.6) is 0 Å². The van der Waals surface area contributed by atoms with Crippen molar-refractivity contribution in [3.8, 4) is 0 Å². The zero-order chi connectivity index (χ0) is 10.2. The van der Waals surface area contributed by atoms with Crippen LogP contribution in [-0.2, 0) is 10.1 Å². The Bertz CT molecular complexity index is 443. The van der Waals surface area contributed by atoms with Crippen LogP contribution in [0.15, 0.2) is 17.0 Å². The van der Waals surface area contributed by atoms with Crippen LogP contribution >= 0.6 is 34.8 Å². The van der Waals surface area contributed by atoms with Gasteiger partial charge in [0.2, 0.25) is 0 Å². The Labute approximate surface area is 95.5 Å². The molecular weight excluding hydrogens is 274 g/mol. The first-order valence-electron chi connectivity index (χ1n) is 2.94. The number of benzene rings is 1. The van der Waals surface area contributed by atoms with Crippen LogP contribution in [0.25, 0.3) is 0 Å². The van der Waals surface area contributed by atoms with Crippen molar-refractivity contribution < 1.29 is 18.4 Å². The first kappa shape index (κ1) is 14.0. The molecule has 0 spiro atoms. The number of halogens is 3. The van der Waals surface area contributed by atoms with Gasteiger partial charge >= 0.3 is 0 Å². The molecule has 0 aliphatic carbocycles. The van der Waals surface area contributed by atoms with Gasteiger partial charge in [0.1, 0.15) is 4.90 Å². The van der Waals surface area contributed by atoms with E-state index in [1.54, 1.807) is 0 Å².